The number of thioether (sulfide) groups is 1. The molecule has 0 saturated carbocycles. The molecule has 0 aliphatic carbocycles. The van der Waals surface area contributed by atoms with Crippen molar-refractivity contribution in [1.29, 1.82) is 0 Å². The Kier molecular flexibility index (Phi) is 6.16. The molecule has 1 unspecified atom stereocenters. The van der Waals surface area contributed by atoms with Crippen molar-refractivity contribution in [2.24, 2.45) is 0 Å². The lowest BCUT2D eigenvalue weighted by molar-refractivity contribution is -0.118. The van der Waals surface area contributed by atoms with Gasteiger partial charge in [-0.25, -0.2) is 4.39 Å². The van der Waals surface area contributed by atoms with E-state index in [1.165, 1.54) is 35.0 Å². The SMILES string of the molecule is CN(C)C(CNC(=O)CSc1ccc(F)cc1)c1ccc2c(c1)CCO2. The van der Waals surface area contributed by atoms with Crippen molar-refractivity contribution >= 4 is 17.7 Å². The first-order valence-electron chi connectivity index (χ1n) is 8.60. The second-order valence-electron chi connectivity index (χ2n) is 6.49. The predicted octanol–water partition coefficient (Wildman–Crippen LogP) is 3.27. The van der Waals surface area contributed by atoms with E-state index in [4.69, 9.17) is 4.74 Å². The van der Waals surface area contributed by atoms with Crippen LogP contribution in [0.3, 0.4) is 0 Å². The Morgan fingerprint density at radius 3 is 2.77 bits per heavy atom. The highest BCUT2D eigenvalue weighted by molar-refractivity contribution is 8.00. The van der Waals surface area contributed by atoms with E-state index in [1.807, 2.05) is 20.2 Å². The summed E-state index contributed by atoms with van der Waals surface area (Å²) in [4.78, 5) is 15.2. The number of benzene rings is 2. The van der Waals surface area contributed by atoms with Crippen LogP contribution in [-0.4, -0.2) is 43.8 Å². The molecule has 0 fully saturated rings. The standard InChI is InChI=1S/C20H23FN2O2S/c1-23(2)18(14-3-8-19-15(11-14)9-10-25-19)12-22-20(24)13-26-17-6-4-16(21)5-7-17/h3-8,11,18H,9-10,12-13H2,1-2H3,(H,22,24). The number of carbonyl (C=O) groups excluding carboxylic acids is 1. The molecule has 0 radical (unpaired) electrons. The number of nitrogens with zero attached hydrogens (tertiary/aromatic N) is 1. The monoisotopic (exact) mass is 374 g/mol. The number of rotatable bonds is 7. The Morgan fingerprint density at radius 1 is 1.27 bits per heavy atom. The molecule has 1 amide bonds. The van der Waals surface area contributed by atoms with Gasteiger partial charge in [0.2, 0.25) is 5.91 Å². The van der Waals surface area contributed by atoms with Crippen molar-refractivity contribution in [2.75, 3.05) is 33.0 Å². The van der Waals surface area contributed by atoms with Gasteiger partial charge in [0, 0.05) is 17.9 Å². The number of likely N-dealkylation sites (N-methyl/N-ethyl adjacent to an activating group) is 1. The van der Waals surface area contributed by atoms with Crippen molar-refractivity contribution in [2.45, 2.75) is 17.4 Å². The molecule has 1 heterocycles. The maximum atomic E-state index is 12.9. The molecular weight excluding hydrogens is 351 g/mol. The topological polar surface area (TPSA) is 41.6 Å². The van der Waals surface area contributed by atoms with Gasteiger partial charge in [-0.1, -0.05) is 12.1 Å². The third-order valence-corrected chi connectivity index (χ3v) is 5.41. The third kappa shape index (κ3) is 4.77. The Morgan fingerprint density at radius 2 is 2.04 bits per heavy atom. The average Bonchev–Trinajstić information content (AvgIpc) is 3.09. The van der Waals surface area contributed by atoms with E-state index < -0.39 is 0 Å². The number of hydrogen-bond acceptors (Lipinski definition) is 4. The Balaban J connectivity index is 1.55. The van der Waals surface area contributed by atoms with Crippen LogP contribution in [0.4, 0.5) is 4.39 Å². The fraction of sp³-hybridized carbons (Fsp3) is 0.350. The Bertz CT molecular complexity index is 765. The zero-order valence-electron chi connectivity index (χ0n) is 15.0. The van der Waals surface area contributed by atoms with Crippen LogP contribution in [0.25, 0.3) is 0 Å². The summed E-state index contributed by atoms with van der Waals surface area (Å²) in [6, 6.07) is 12.5. The second-order valence-corrected chi connectivity index (χ2v) is 7.54. The van der Waals surface area contributed by atoms with Gasteiger partial charge in [-0.3, -0.25) is 4.79 Å². The van der Waals surface area contributed by atoms with E-state index in [1.54, 1.807) is 12.1 Å². The second kappa shape index (κ2) is 8.56. The predicted molar refractivity (Wildman–Crippen MR) is 102 cm³/mol. The minimum absolute atomic E-state index is 0.0318. The summed E-state index contributed by atoms with van der Waals surface area (Å²) in [5.74, 6) is 0.970. The number of amides is 1. The summed E-state index contributed by atoms with van der Waals surface area (Å²) in [6.45, 7) is 1.28. The number of carbonyl (C=O) groups is 1. The fourth-order valence-electron chi connectivity index (χ4n) is 2.95. The number of nitrogens with one attached hydrogen (secondary N) is 1. The molecule has 0 bridgehead atoms. The zero-order chi connectivity index (χ0) is 18.5. The van der Waals surface area contributed by atoms with Gasteiger partial charge in [0.25, 0.3) is 0 Å². The highest BCUT2D eigenvalue weighted by Gasteiger charge is 2.19. The summed E-state index contributed by atoms with van der Waals surface area (Å²) in [5, 5.41) is 3.01. The van der Waals surface area contributed by atoms with E-state index in [0.29, 0.717) is 12.3 Å². The van der Waals surface area contributed by atoms with Crippen molar-refractivity contribution in [3.05, 3.63) is 59.4 Å². The van der Waals surface area contributed by atoms with Crippen molar-refractivity contribution in [1.82, 2.24) is 10.2 Å². The Labute approximate surface area is 157 Å². The molecular formula is C20H23FN2O2S. The molecule has 6 heteroatoms. The van der Waals surface area contributed by atoms with E-state index in [9.17, 15) is 9.18 Å². The van der Waals surface area contributed by atoms with Gasteiger partial charge >= 0.3 is 0 Å². The maximum absolute atomic E-state index is 12.9. The molecule has 0 saturated heterocycles. The quantitative estimate of drug-likeness (QED) is 0.756. The van der Waals surface area contributed by atoms with Crippen molar-refractivity contribution < 1.29 is 13.9 Å². The van der Waals surface area contributed by atoms with Crippen LogP contribution >= 0.6 is 11.8 Å². The van der Waals surface area contributed by atoms with E-state index >= 15 is 0 Å². The number of hydrogen-bond donors (Lipinski definition) is 1. The normalized spacial score (nSPS) is 14.0. The molecule has 26 heavy (non-hydrogen) atoms. The fourth-order valence-corrected chi connectivity index (χ4v) is 3.68. The minimum atomic E-state index is -0.271. The number of fused-ring (bicyclic) bond motifs is 1. The van der Waals surface area contributed by atoms with Gasteiger partial charge in [0.05, 0.1) is 18.4 Å². The summed E-state index contributed by atoms with van der Waals surface area (Å²) in [5.41, 5.74) is 2.40. The first-order valence-corrected chi connectivity index (χ1v) is 9.58. The van der Waals surface area contributed by atoms with E-state index in [0.717, 1.165) is 23.7 Å². The van der Waals surface area contributed by atoms with Crippen LogP contribution in [0, 0.1) is 5.82 Å². The van der Waals surface area contributed by atoms with Crippen LogP contribution in [0.5, 0.6) is 5.75 Å². The summed E-state index contributed by atoms with van der Waals surface area (Å²) >= 11 is 1.40. The minimum Gasteiger partial charge on any atom is -0.493 e. The molecule has 138 valence electrons. The smallest absolute Gasteiger partial charge is 0.230 e. The van der Waals surface area contributed by atoms with Gasteiger partial charge in [-0.15, -0.1) is 11.8 Å². The molecule has 2 aromatic rings. The number of halogens is 1. The van der Waals surface area contributed by atoms with Crippen LogP contribution in [0.2, 0.25) is 0 Å². The largest absolute Gasteiger partial charge is 0.493 e. The molecule has 3 rings (SSSR count). The first-order chi connectivity index (χ1) is 12.5. The third-order valence-electron chi connectivity index (χ3n) is 4.40. The van der Waals surface area contributed by atoms with Crippen LogP contribution in [0.15, 0.2) is 47.4 Å². The van der Waals surface area contributed by atoms with Crippen molar-refractivity contribution in [3.8, 4) is 5.75 Å². The first kappa shape index (κ1) is 18.7. The molecule has 1 atom stereocenters. The summed E-state index contributed by atoms with van der Waals surface area (Å²) < 4.78 is 18.5. The molecule has 2 aromatic carbocycles. The highest BCUT2D eigenvalue weighted by Crippen LogP contribution is 2.29. The molecule has 0 aromatic heterocycles. The molecule has 1 aliphatic rings. The molecule has 1 N–H and O–H groups in total. The molecule has 1 aliphatic heterocycles. The number of ether oxygens (including phenoxy) is 1. The van der Waals surface area contributed by atoms with Crippen LogP contribution in [-0.2, 0) is 11.2 Å². The lowest BCUT2D eigenvalue weighted by Gasteiger charge is -2.25. The van der Waals surface area contributed by atoms with Crippen LogP contribution < -0.4 is 10.1 Å². The van der Waals surface area contributed by atoms with Crippen LogP contribution in [0.1, 0.15) is 17.2 Å². The van der Waals surface area contributed by atoms with Crippen molar-refractivity contribution in [3.63, 3.8) is 0 Å². The lowest BCUT2D eigenvalue weighted by atomic mass is 10.0. The summed E-state index contributed by atoms with van der Waals surface area (Å²) in [7, 11) is 4.02. The lowest BCUT2D eigenvalue weighted by Crippen LogP contribution is -2.35. The van der Waals surface area contributed by atoms with Gasteiger partial charge in [-0.05, 0) is 55.6 Å². The van der Waals surface area contributed by atoms with Gasteiger partial charge in [-0.2, -0.15) is 0 Å². The molecule has 4 nitrogen and oxygen atoms in total. The highest BCUT2D eigenvalue weighted by atomic mass is 32.2. The van der Waals surface area contributed by atoms with Gasteiger partial charge in [0.15, 0.2) is 0 Å². The summed E-state index contributed by atoms with van der Waals surface area (Å²) in [6.07, 6.45) is 0.935. The van der Waals surface area contributed by atoms with Gasteiger partial charge < -0.3 is 15.0 Å². The van der Waals surface area contributed by atoms with E-state index in [2.05, 4.69) is 22.3 Å². The van der Waals surface area contributed by atoms with Gasteiger partial charge in [0.1, 0.15) is 11.6 Å². The maximum Gasteiger partial charge on any atom is 0.230 e. The molecule has 0 spiro atoms. The van der Waals surface area contributed by atoms with E-state index in [-0.39, 0.29) is 17.8 Å². The Hall–Kier alpha value is -2.05. The average molecular weight is 374 g/mol. The zero-order valence-corrected chi connectivity index (χ0v) is 15.8.